The molecule has 1 fully saturated rings. The van der Waals surface area contributed by atoms with E-state index in [1.807, 2.05) is 0 Å². The lowest BCUT2D eigenvalue weighted by Crippen LogP contribution is -2.42. The molecule has 0 aromatic rings. The largest absolute Gasteiger partial charge is 0.481 e. The fourth-order valence-electron chi connectivity index (χ4n) is 1.99. The van der Waals surface area contributed by atoms with Gasteiger partial charge < -0.3 is 10.2 Å². The van der Waals surface area contributed by atoms with E-state index in [2.05, 4.69) is 0 Å². The molecule has 2 atom stereocenters. The van der Waals surface area contributed by atoms with E-state index >= 15 is 0 Å². The highest BCUT2D eigenvalue weighted by Gasteiger charge is 2.46. The molecule has 0 aliphatic heterocycles. The first kappa shape index (κ1) is 13.2. The zero-order valence-electron chi connectivity index (χ0n) is 8.02. The first-order valence-corrected chi connectivity index (χ1v) is 4.44. The maximum absolute atomic E-state index is 10.9. The van der Waals surface area contributed by atoms with Crippen LogP contribution in [0.25, 0.3) is 0 Å². The summed E-state index contributed by atoms with van der Waals surface area (Å²) in [5.74, 6) is -2.69. The van der Waals surface area contributed by atoms with E-state index in [1.54, 1.807) is 0 Å². The molecular weight excluding hydrogens is 208 g/mol. The van der Waals surface area contributed by atoms with Crippen LogP contribution < -0.4 is 0 Å². The molecule has 2 unspecified atom stereocenters. The molecule has 1 saturated carbocycles. The molecule has 1 aliphatic carbocycles. The fourth-order valence-corrected chi connectivity index (χ4v) is 1.99. The summed E-state index contributed by atoms with van der Waals surface area (Å²) in [4.78, 5) is 21.7. The van der Waals surface area contributed by atoms with Crippen LogP contribution in [-0.2, 0) is 9.59 Å². The van der Waals surface area contributed by atoms with E-state index in [0.717, 1.165) is 12.8 Å². The van der Waals surface area contributed by atoms with Gasteiger partial charge in [0.15, 0.2) is 0 Å². The number of hydrogen-bond donors (Lipinski definition) is 2. The van der Waals surface area contributed by atoms with Crippen LogP contribution in [-0.4, -0.2) is 22.2 Å². The Balaban J connectivity index is 0.00000169. The minimum atomic E-state index is -1.07. The number of halogens is 1. The molecule has 0 bridgehead atoms. The lowest BCUT2D eigenvalue weighted by Gasteiger charge is -2.34. The number of aliphatic carboxylic acids is 2. The van der Waals surface area contributed by atoms with Crippen molar-refractivity contribution in [2.75, 3.05) is 0 Å². The topological polar surface area (TPSA) is 74.6 Å². The van der Waals surface area contributed by atoms with Crippen molar-refractivity contribution in [1.82, 2.24) is 0 Å². The van der Waals surface area contributed by atoms with Crippen molar-refractivity contribution < 1.29 is 19.8 Å². The minimum Gasteiger partial charge on any atom is -0.481 e. The van der Waals surface area contributed by atoms with Crippen molar-refractivity contribution >= 4 is 24.3 Å². The average Bonchev–Trinajstić information content (AvgIpc) is 2.04. The smallest absolute Gasteiger partial charge is 0.310 e. The van der Waals surface area contributed by atoms with Crippen LogP contribution >= 0.6 is 12.4 Å². The predicted octanol–water partition coefficient (Wildman–Crippen LogP) is 1.77. The zero-order valence-corrected chi connectivity index (χ0v) is 8.84. The predicted molar refractivity (Wildman–Crippen MR) is 52.6 cm³/mol. The molecule has 0 aromatic carbocycles. The number of hydrogen-bond acceptors (Lipinski definition) is 2. The number of carboxylic acid groups (broad SMARTS) is 2. The molecule has 0 aromatic heterocycles. The number of carbonyl (C=O) groups is 2. The third kappa shape index (κ3) is 2.18. The molecule has 0 saturated heterocycles. The molecule has 1 rings (SSSR count). The second kappa shape index (κ2) is 4.64. The highest BCUT2D eigenvalue weighted by molar-refractivity contribution is 5.85. The summed E-state index contributed by atoms with van der Waals surface area (Å²) in [6, 6.07) is 0. The first-order chi connectivity index (χ1) is 5.98. The molecule has 0 radical (unpaired) electrons. The van der Waals surface area contributed by atoms with Gasteiger partial charge in [-0.1, -0.05) is 12.8 Å². The molecule has 4 nitrogen and oxygen atoms in total. The van der Waals surface area contributed by atoms with Gasteiger partial charge >= 0.3 is 11.9 Å². The molecule has 2 N–H and O–H groups in total. The Kier molecular flexibility index (Phi) is 4.39. The van der Waals surface area contributed by atoms with Crippen LogP contribution in [0.4, 0.5) is 0 Å². The fraction of sp³-hybridized carbons (Fsp3) is 0.778. The summed E-state index contributed by atoms with van der Waals surface area (Å²) in [5, 5.41) is 17.8. The Morgan fingerprint density at radius 1 is 1.29 bits per heavy atom. The maximum atomic E-state index is 10.9. The summed E-state index contributed by atoms with van der Waals surface area (Å²) in [7, 11) is 0. The molecule has 5 heteroatoms. The summed E-state index contributed by atoms with van der Waals surface area (Å²) >= 11 is 0. The Bertz CT molecular complexity index is 241. The van der Waals surface area contributed by atoms with Crippen molar-refractivity contribution in [3.8, 4) is 0 Å². The summed E-state index contributed by atoms with van der Waals surface area (Å²) in [6.45, 7) is 1.54. The van der Waals surface area contributed by atoms with E-state index in [9.17, 15) is 9.59 Å². The van der Waals surface area contributed by atoms with E-state index in [0.29, 0.717) is 12.8 Å². The maximum Gasteiger partial charge on any atom is 0.310 e. The van der Waals surface area contributed by atoms with Gasteiger partial charge in [0.05, 0.1) is 11.3 Å². The third-order valence-corrected chi connectivity index (χ3v) is 2.99. The van der Waals surface area contributed by atoms with Crippen LogP contribution in [0, 0.1) is 11.3 Å². The van der Waals surface area contributed by atoms with Crippen molar-refractivity contribution in [2.24, 2.45) is 11.3 Å². The molecular formula is C9H15ClO4. The monoisotopic (exact) mass is 222 g/mol. The van der Waals surface area contributed by atoms with Gasteiger partial charge in [0.1, 0.15) is 0 Å². The first-order valence-electron chi connectivity index (χ1n) is 4.44. The Morgan fingerprint density at radius 3 is 2.21 bits per heavy atom. The quantitative estimate of drug-likeness (QED) is 0.747. The molecule has 82 valence electrons. The van der Waals surface area contributed by atoms with Gasteiger partial charge in [-0.15, -0.1) is 12.4 Å². The van der Waals surface area contributed by atoms with Gasteiger partial charge in [-0.25, -0.2) is 0 Å². The molecule has 0 spiro atoms. The molecule has 14 heavy (non-hydrogen) atoms. The number of rotatable bonds is 2. The van der Waals surface area contributed by atoms with Gasteiger partial charge in [0.2, 0.25) is 0 Å². The third-order valence-electron chi connectivity index (χ3n) is 2.99. The minimum absolute atomic E-state index is 0. The second-order valence-electron chi connectivity index (χ2n) is 3.86. The van der Waals surface area contributed by atoms with Crippen molar-refractivity contribution in [3.05, 3.63) is 0 Å². The summed E-state index contributed by atoms with van der Waals surface area (Å²) in [6.07, 6.45) is 2.59. The zero-order chi connectivity index (χ0) is 10.1. The molecule has 0 amide bonds. The Labute approximate surface area is 88.7 Å². The van der Waals surface area contributed by atoms with Crippen LogP contribution in [0.5, 0.6) is 0 Å². The van der Waals surface area contributed by atoms with E-state index in [-0.39, 0.29) is 12.4 Å². The van der Waals surface area contributed by atoms with Gasteiger partial charge in [0, 0.05) is 0 Å². The molecule has 1 aliphatic rings. The van der Waals surface area contributed by atoms with Gasteiger partial charge in [-0.3, -0.25) is 9.59 Å². The van der Waals surface area contributed by atoms with Crippen LogP contribution in [0.1, 0.15) is 32.6 Å². The Hall–Kier alpha value is -0.770. The highest BCUT2D eigenvalue weighted by atomic mass is 35.5. The average molecular weight is 223 g/mol. The van der Waals surface area contributed by atoms with Crippen LogP contribution in [0.2, 0.25) is 0 Å². The summed E-state index contributed by atoms with van der Waals surface area (Å²) < 4.78 is 0. The van der Waals surface area contributed by atoms with E-state index < -0.39 is 23.3 Å². The lowest BCUT2D eigenvalue weighted by atomic mass is 9.67. The van der Waals surface area contributed by atoms with Gasteiger partial charge in [-0.2, -0.15) is 0 Å². The number of carboxylic acids is 2. The second-order valence-corrected chi connectivity index (χ2v) is 3.86. The SMILES string of the molecule is CC1(C(=O)O)CCCCC1C(=O)O.Cl. The molecule has 0 heterocycles. The van der Waals surface area contributed by atoms with Crippen LogP contribution in [0.15, 0.2) is 0 Å². The summed E-state index contributed by atoms with van der Waals surface area (Å²) in [5.41, 5.74) is -1.07. The van der Waals surface area contributed by atoms with Gasteiger partial charge in [-0.05, 0) is 19.8 Å². The Morgan fingerprint density at radius 2 is 1.86 bits per heavy atom. The van der Waals surface area contributed by atoms with Crippen molar-refractivity contribution in [2.45, 2.75) is 32.6 Å². The van der Waals surface area contributed by atoms with Crippen molar-refractivity contribution in [1.29, 1.82) is 0 Å². The normalized spacial score (nSPS) is 31.6. The van der Waals surface area contributed by atoms with E-state index in [1.165, 1.54) is 6.92 Å². The standard InChI is InChI=1S/C9H14O4.ClH/c1-9(8(12)13)5-3-2-4-6(9)7(10)11;/h6H,2-5H2,1H3,(H,10,11)(H,12,13);1H. The lowest BCUT2D eigenvalue weighted by molar-refractivity contribution is -0.164. The van der Waals surface area contributed by atoms with Crippen LogP contribution in [0.3, 0.4) is 0 Å². The van der Waals surface area contributed by atoms with Gasteiger partial charge in [0.25, 0.3) is 0 Å². The van der Waals surface area contributed by atoms with Crippen molar-refractivity contribution in [3.63, 3.8) is 0 Å². The highest BCUT2D eigenvalue weighted by Crippen LogP contribution is 2.41. The van der Waals surface area contributed by atoms with E-state index in [4.69, 9.17) is 10.2 Å².